The third-order valence-electron chi connectivity index (χ3n) is 4.72. The van der Waals surface area contributed by atoms with Crippen LogP contribution in [0.15, 0.2) is 42.5 Å². The molecule has 1 amide bonds. The van der Waals surface area contributed by atoms with Crippen LogP contribution in [0.1, 0.15) is 22.0 Å². The highest BCUT2D eigenvalue weighted by atomic mass is 16.5. The molecule has 1 atom stereocenters. The lowest BCUT2D eigenvalue weighted by Gasteiger charge is -2.29. The summed E-state index contributed by atoms with van der Waals surface area (Å²) >= 11 is 0. The van der Waals surface area contributed by atoms with E-state index < -0.39 is 6.10 Å². The van der Waals surface area contributed by atoms with Crippen LogP contribution in [0.2, 0.25) is 0 Å². The fourth-order valence-electron chi connectivity index (χ4n) is 3.08. The molecule has 0 aromatic heterocycles. The van der Waals surface area contributed by atoms with E-state index in [0.717, 1.165) is 37.6 Å². The van der Waals surface area contributed by atoms with Gasteiger partial charge in [0.2, 0.25) is 0 Å². The van der Waals surface area contributed by atoms with Crippen LogP contribution in [-0.4, -0.2) is 58.1 Å². The lowest BCUT2D eigenvalue weighted by molar-refractivity contribution is 0.0915. The summed E-state index contributed by atoms with van der Waals surface area (Å²) < 4.78 is 15.7. The molecule has 1 aliphatic rings. The molecule has 2 N–H and O–H groups in total. The smallest absolute Gasteiger partial charge is 0.251 e. The number of benzene rings is 2. The molecule has 7 heteroatoms. The molecule has 1 aliphatic heterocycles. The molecule has 7 nitrogen and oxygen atoms in total. The van der Waals surface area contributed by atoms with E-state index in [2.05, 4.69) is 10.2 Å². The first-order valence-electron chi connectivity index (χ1n) is 9.22. The summed E-state index contributed by atoms with van der Waals surface area (Å²) in [6, 6.07) is 12.7. The molecule has 0 saturated carbocycles. The van der Waals surface area contributed by atoms with E-state index in [1.165, 1.54) is 14.2 Å². The van der Waals surface area contributed by atoms with Crippen molar-refractivity contribution in [3.63, 3.8) is 0 Å². The minimum Gasteiger partial charge on any atom is -0.497 e. The van der Waals surface area contributed by atoms with Gasteiger partial charge in [-0.15, -0.1) is 0 Å². The van der Waals surface area contributed by atoms with Crippen LogP contribution in [0.4, 0.5) is 5.69 Å². The Morgan fingerprint density at radius 3 is 2.29 bits per heavy atom. The lowest BCUT2D eigenvalue weighted by atomic mass is 10.1. The monoisotopic (exact) mass is 386 g/mol. The van der Waals surface area contributed by atoms with E-state index in [1.807, 2.05) is 24.3 Å². The number of morpholine rings is 1. The van der Waals surface area contributed by atoms with Crippen LogP contribution in [-0.2, 0) is 4.74 Å². The third kappa shape index (κ3) is 4.94. The second-order valence-corrected chi connectivity index (χ2v) is 6.52. The third-order valence-corrected chi connectivity index (χ3v) is 4.72. The minimum atomic E-state index is -0.796. The maximum Gasteiger partial charge on any atom is 0.251 e. The average molecular weight is 386 g/mol. The van der Waals surface area contributed by atoms with E-state index in [0.29, 0.717) is 17.1 Å². The number of nitrogens with zero attached hydrogens (tertiary/aromatic N) is 1. The predicted octanol–water partition coefficient (Wildman–Crippen LogP) is 2.00. The summed E-state index contributed by atoms with van der Waals surface area (Å²) in [7, 11) is 3.06. The molecule has 1 saturated heterocycles. The van der Waals surface area contributed by atoms with Crippen molar-refractivity contribution >= 4 is 11.6 Å². The second-order valence-electron chi connectivity index (χ2n) is 6.52. The molecule has 28 heavy (non-hydrogen) atoms. The zero-order valence-electron chi connectivity index (χ0n) is 16.2. The van der Waals surface area contributed by atoms with Crippen molar-refractivity contribution in [2.24, 2.45) is 0 Å². The maximum absolute atomic E-state index is 12.4. The Hall–Kier alpha value is -2.77. The van der Waals surface area contributed by atoms with Crippen molar-refractivity contribution in [2.75, 3.05) is 52.0 Å². The highest BCUT2D eigenvalue weighted by Crippen LogP contribution is 2.23. The molecule has 1 fully saturated rings. The fourth-order valence-corrected chi connectivity index (χ4v) is 3.08. The van der Waals surface area contributed by atoms with Gasteiger partial charge in [-0.25, -0.2) is 0 Å². The number of aliphatic hydroxyl groups is 1. The van der Waals surface area contributed by atoms with E-state index in [4.69, 9.17) is 14.2 Å². The van der Waals surface area contributed by atoms with Crippen molar-refractivity contribution in [3.8, 4) is 11.5 Å². The van der Waals surface area contributed by atoms with Crippen molar-refractivity contribution in [1.29, 1.82) is 0 Å². The lowest BCUT2D eigenvalue weighted by Crippen LogP contribution is -2.36. The van der Waals surface area contributed by atoms with Crippen molar-refractivity contribution in [1.82, 2.24) is 5.32 Å². The van der Waals surface area contributed by atoms with Crippen LogP contribution < -0.4 is 19.7 Å². The Morgan fingerprint density at radius 1 is 1.11 bits per heavy atom. The van der Waals surface area contributed by atoms with E-state index in [1.54, 1.807) is 18.2 Å². The van der Waals surface area contributed by atoms with Gasteiger partial charge >= 0.3 is 0 Å². The molecule has 1 unspecified atom stereocenters. The Labute approximate surface area is 164 Å². The van der Waals surface area contributed by atoms with Crippen LogP contribution in [0.3, 0.4) is 0 Å². The number of hydrogen-bond donors (Lipinski definition) is 2. The van der Waals surface area contributed by atoms with Gasteiger partial charge in [-0.2, -0.15) is 0 Å². The largest absolute Gasteiger partial charge is 0.497 e. The van der Waals surface area contributed by atoms with Gasteiger partial charge in [0, 0.05) is 37.0 Å². The number of aliphatic hydroxyl groups excluding tert-OH is 1. The number of nitrogens with one attached hydrogen (secondary N) is 1. The van der Waals surface area contributed by atoms with Crippen molar-refractivity contribution < 1.29 is 24.1 Å². The molecular weight excluding hydrogens is 360 g/mol. The van der Waals surface area contributed by atoms with Crippen LogP contribution in [0, 0.1) is 0 Å². The van der Waals surface area contributed by atoms with Gasteiger partial charge in [0.1, 0.15) is 11.5 Å². The number of anilines is 1. The van der Waals surface area contributed by atoms with Crippen LogP contribution in [0.25, 0.3) is 0 Å². The fraction of sp³-hybridized carbons (Fsp3) is 0.381. The van der Waals surface area contributed by atoms with Gasteiger partial charge in [-0.05, 0) is 29.8 Å². The Morgan fingerprint density at radius 2 is 1.71 bits per heavy atom. The van der Waals surface area contributed by atoms with Gasteiger partial charge in [0.15, 0.2) is 0 Å². The maximum atomic E-state index is 12.4. The van der Waals surface area contributed by atoms with Gasteiger partial charge in [-0.3, -0.25) is 4.79 Å². The molecule has 0 radical (unpaired) electrons. The van der Waals surface area contributed by atoms with E-state index in [-0.39, 0.29) is 12.5 Å². The molecule has 2 aromatic rings. The Kier molecular flexibility index (Phi) is 6.73. The Bertz CT molecular complexity index is 766. The number of hydrogen-bond acceptors (Lipinski definition) is 6. The summed E-state index contributed by atoms with van der Waals surface area (Å²) in [6.45, 7) is 3.29. The predicted molar refractivity (Wildman–Crippen MR) is 106 cm³/mol. The Balaban J connectivity index is 1.59. The van der Waals surface area contributed by atoms with E-state index in [9.17, 15) is 9.90 Å². The van der Waals surface area contributed by atoms with Gasteiger partial charge in [-0.1, -0.05) is 12.1 Å². The van der Waals surface area contributed by atoms with Crippen LogP contribution >= 0.6 is 0 Å². The minimum absolute atomic E-state index is 0.106. The molecule has 0 spiro atoms. The molecule has 150 valence electrons. The molecule has 0 bridgehead atoms. The van der Waals surface area contributed by atoms with Crippen LogP contribution in [0.5, 0.6) is 11.5 Å². The van der Waals surface area contributed by atoms with Crippen molar-refractivity contribution in [3.05, 3.63) is 53.6 Å². The quantitative estimate of drug-likeness (QED) is 0.758. The standard InChI is InChI=1S/C21H26N2O5/c1-26-18-11-16(12-19(13-18)27-2)21(25)22-14-20(24)15-3-5-17(6-4-15)23-7-9-28-10-8-23/h3-6,11-13,20,24H,7-10,14H2,1-2H3,(H,22,25). The van der Waals surface area contributed by atoms with Gasteiger partial charge < -0.3 is 29.5 Å². The first-order valence-corrected chi connectivity index (χ1v) is 9.22. The number of amides is 1. The highest BCUT2D eigenvalue weighted by molar-refractivity contribution is 5.95. The summed E-state index contributed by atoms with van der Waals surface area (Å²) in [5, 5.41) is 13.2. The number of rotatable bonds is 7. The second kappa shape index (κ2) is 9.43. The summed E-state index contributed by atoms with van der Waals surface area (Å²) in [5.74, 6) is 0.758. The molecule has 2 aromatic carbocycles. The first kappa shape index (κ1) is 20.0. The molecule has 0 aliphatic carbocycles. The zero-order valence-corrected chi connectivity index (χ0v) is 16.2. The molecular formula is C21H26N2O5. The van der Waals surface area contributed by atoms with Crippen molar-refractivity contribution in [2.45, 2.75) is 6.10 Å². The topological polar surface area (TPSA) is 80.3 Å². The van der Waals surface area contributed by atoms with Gasteiger partial charge in [0.25, 0.3) is 5.91 Å². The molecule has 3 rings (SSSR count). The summed E-state index contributed by atoms with van der Waals surface area (Å²) in [6.07, 6.45) is -0.796. The molecule has 1 heterocycles. The SMILES string of the molecule is COc1cc(OC)cc(C(=O)NCC(O)c2ccc(N3CCOCC3)cc2)c1. The number of methoxy groups -OCH3 is 2. The summed E-state index contributed by atoms with van der Waals surface area (Å²) in [5.41, 5.74) is 2.26. The normalized spacial score (nSPS) is 15.0. The van der Waals surface area contributed by atoms with E-state index >= 15 is 0 Å². The number of carbonyl (C=O) groups excluding carboxylic acids is 1. The first-order chi connectivity index (χ1) is 13.6. The average Bonchev–Trinajstić information content (AvgIpc) is 2.77. The van der Waals surface area contributed by atoms with Gasteiger partial charge in [0.05, 0.1) is 33.5 Å². The number of carbonyl (C=O) groups is 1. The zero-order chi connectivity index (χ0) is 19.9. The summed E-state index contributed by atoms with van der Waals surface area (Å²) in [4.78, 5) is 14.7. The number of ether oxygens (including phenoxy) is 3. The highest BCUT2D eigenvalue weighted by Gasteiger charge is 2.15.